The summed E-state index contributed by atoms with van der Waals surface area (Å²) in [5.74, 6) is 0.807. The van der Waals surface area contributed by atoms with Crippen LogP contribution < -0.4 is 4.74 Å². The molecule has 1 unspecified atom stereocenters. The number of carbonyl (C=O) groups is 1. The molecule has 0 spiro atoms. The van der Waals surface area contributed by atoms with Crippen LogP contribution in [0.2, 0.25) is 0 Å². The van der Waals surface area contributed by atoms with Gasteiger partial charge in [-0.2, -0.15) is 0 Å². The van der Waals surface area contributed by atoms with Crippen molar-refractivity contribution in [3.63, 3.8) is 0 Å². The lowest BCUT2D eigenvalue weighted by Crippen LogP contribution is -2.07. The molecule has 2 nitrogen and oxygen atoms in total. The normalized spacial score (nSPS) is 17.6. The molecule has 0 bridgehead atoms. The number of hydrogen-bond acceptors (Lipinski definition) is 2. The van der Waals surface area contributed by atoms with E-state index < -0.39 is 0 Å². The number of hydrogen-bond donors (Lipinski definition) is 0. The van der Waals surface area contributed by atoms with Gasteiger partial charge in [0.15, 0.2) is 5.78 Å². The van der Waals surface area contributed by atoms with E-state index in [1.165, 1.54) is 0 Å². The number of Topliss-reactive ketones (excluding diaryl/α,β-unsaturated/α-hetero) is 1. The smallest absolute Gasteiger partial charge is 0.174 e. The first-order chi connectivity index (χ1) is 8.81. The standard InChI is InChI=1S/C16H14O2/c1-18-14-9-5-8-12-10-13(16(17)15(12)14)11-6-3-2-4-7-11/h2-9,13H,10H2,1H3. The van der Waals surface area contributed by atoms with Gasteiger partial charge in [0.1, 0.15) is 5.75 Å². The van der Waals surface area contributed by atoms with Crippen LogP contribution in [0.3, 0.4) is 0 Å². The average molecular weight is 238 g/mol. The van der Waals surface area contributed by atoms with Crippen molar-refractivity contribution in [3.8, 4) is 5.75 Å². The van der Waals surface area contributed by atoms with Gasteiger partial charge in [-0.3, -0.25) is 4.79 Å². The SMILES string of the molecule is COc1cccc2c1C(=O)C(c1ccccc1)C2. The van der Waals surface area contributed by atoms with Crippen LogP contribution in [-0.2, 0) is 6.42 Å². The molecule has 3 rings (SSSR count). The molecular weight excluding hydrogens is 224 g/mol. The second kappa shape index (κ2) is 4.30. The van der Waals surface area contributed by atoms with Crippen LogP contribution in [0, 0.1) is 0 Å². The summed E-state index contributed by atoms with van der Waals surface area (Å²) in [5.41, 5.74) is 2.93. The average Bonchev–Trinajstić information content (AvgIpc) is 2.77. The van der Waals surface area contributed by atoms with Crippen molar-refractivity contribution >= 4 is 5.78 Å². The predicted octanol–water partition coefficient (Wildman–Crippen LogP) is 3.22. The summed E-state index contributed by atoms with van der Waals surface area (Å²) in [4.78, 5) is 12.5. The first kappa shape index (κ1) is 11.0. The zero-order valence-corrected chi connectivity index (χ0v) is 10.2. The van der Waals surface area contributed by atoms with Gasteiger partial charge in [0.2, 0.25) is 0 Å². The van der Waals surface area contributed by atoms with Gasteiger partial charge in [-0.25, -0.2) is 0 Å². The minimum atomic E-state index is -0.0579. The molecule has 0 heterocycles. The Balaban J connectivity index is 2.05. The highest BCUT2D eigenvalue weighted by Crippen LogP contribution is 2.38. The van der Waals surface area contributed by atoms with E-state index in [2.05, 4.69) is 0 Å². The van der Waals surface area contributed by atoms with E-state index in [0.717, 1.165) is 23.1 Å². The monoisotopic (exact) mass is 238 g/mol. The molecule has 18 heavy (non-hydrogen) atoms. The second-order valence-electron chi connectivity index (χ2n) is 4.53. The zero-order valence-electron chi connectivity index (χ0n) is 10.2. The van der Waals surface area contributed by atoms with Crippen LogP contribution in [0.15, 0.2) is 48.5 Å². The Labute approximate surface area is 106 Å². The lowest BCUT2D eigenvalue weighted by molar-refractivity contribution is 0.0970. The van der Waals surface area contributed by atoms with Crippen LogP contribution in [0.1, 0.15) is 27.4 Å². The Morgan fingerprint density at radius 2 is 1.83 bits per heavy atom. The van der Waals surface area contributed by atoms with E-state index in [-0.39, 0.29) is 11.7 Å². The van der Waals surface area contributed by atoms with Gasteiger partial charge in [0.05, 0.1) is 18.6 Å². The third-order valence-corrected chi connectivity index (χ3v) is 3.52. The van der Waals surface area contributed by atoms with Gasteiger partial charge < -0.3 is 4.74 Å². The Hall–Kier alpha value is -2.09. The number of ketones is 1. The fourth-order valence-corrected chi connectivity index (χ4v) is 2.64. The van der Waals surface area contributed by atoms with Crippen LogP contribution in [0.4, 0.5) is 0 Å². The van der Waals surface area contributed by atoms with E-state index >= 15 is 0 Å². The summed E-state index contributed by atoms with van der Waals surface area (Å²) >= 11 is 0. The van der Waals surface area contributed by atoms with Crippen LogP contribution in [0.25, 0.3) is 0 Å². The molecule has 2 heteroatoms. The molecule has 0 saturated carbocycles. The first-order valence-corrected chi connectivity index (χ1v) is 6.06. The Kier molecular flexibility index (Phi) is 2.63. The number of fused-ring (bicyclic) bond motifs is 1. The van der Waals surface area contributed by atoms with Crippen molar-refractivity contribution in [2.75, 3.05) is 7.11 Å². The molecule has 2 aromatic rings. The van der Waals surface area contributed by atoms with Crippen LogP contribution in [-0.4, -0.2) is 12.9 Å². The van der Waals surface area contributed by atoms with E-state index in [9.17, 15) is 4.79 Å². The molecule has 0 N–H and O–H groups in total. The molecule has 0 saturated heterocycles. The Morgan fingerprint density at radius 3 is 2.56 bits per heavy atom. The van der Waals surface area contributed by atoms with Gasteiger partial charge in [-0.1, -0.05) is 42.5 Å². The maximum Gasteiger partial charge on any atom is 0.174 e. The molecule has 1 aliphatic rings. The largest absolute Gasteiger partial charge is 0.496 e. The zero-order chi connectivity index (χ0) is 12.5. The second-order valence-corrected chi connectivity index (χ2v) is 4.53. The minimum Gasteiger partial charge on any atom is -0.496 e. The fraction of sp³-hybridized carbons (Fsp3) is 0.188. The maximum atomic E-state index is 12.5. The number of methoxy groups -OCH3 is 1. The Bertz CT molecular complexity index is 587. The predicted molar refractivity (Wildman–Crippen MR) is 70.2 cm³/mol. The molecule has 0 radical (unpaired) electrons. The number of rotatable bonds is 2. The van der Waals surface area contributed by atoms with Crippen LogP contribution >= 0.6 is 0 Å². The van der Waals surface area contributed by atoms with Crippen molar-refractivity contribution in [3.05, 3.63) is 65.2 Å². The molecule has 0 fully saturated rings. The van der Waals surface area contributed by atoms with Gasteiger partial charge in [-0.05, 0) is 23.6 Å². The van der Waals surface area contributed by atoms with Crippen molar-refractivity contribution in [1.29, 1.82) is 0 Å². The van der Waals surface area contributed by atoms with Gasteiger partial charge in [0, 0.05) is 0 Å². The van der Waals surface area contributed by atoms with E-state index in [0.29, 0.717) is 5.75 Å². The lowest BCUT2D eigenvalue weighted by Gasteiger charge is -2.08. The van der Waals surface area contributed by atoms with Crippen molar-refractivity contribution < 1.29 is 9.53 Å². The summed E-state index contributed by atoms with van der Waals surface area (Å²) in [7, 11) is 1.61. The topological polar surface area (TPSA) is 26.3 Å². The Morgan fingerprint density at radius 1 is 1.06 bits per heavy atom. The molecule has 0 amide bonds. The van der Waals surface area contributed by atoms with Crippen LogP contribution in [0.5, 0.6) is 5.75 Å². The van der Waals surface area contributed by atoms with E-state index in [4.69, 9.17) is 4.74 Å². The molecule has 90 valence electrons. The third kappa shape index (κ3) is 1.61. The highest BCUT2D eigenvalue weighted by molar-refractivity contribution is 6.07. The summed E-state index contributed by atoms with van der Waals surface area (Å²) < 4.78 is 5.29. The molecular formula is C16H14O2. The highest BCUT2D eigenvalue weighted by Gasteiger charge is 2.33. The number of benzene rings is 2. The first-order valence-electron chi connectivity index (χ1n) is 6.06. The quantitative estimate of drug-likeness (QED) is 0.803. The van der Waals surface area contributed by atoms with Gasteiger partial charge in [-0.15, -0.1) is 0 Å². The fourth-order valence-electron chi connectivity index (χ4n) is 2.64. The summed E-state index contributed by atoms with van der Waals surface area (Å²) in [6.07, 6.45) is 0.773. The summed E-state index contributed by atoms with van der Waals surface area (Å²) in [6.45, 7) is 0. The minimum absolute atomic E-state index is 0.0579. The molecule has 1 aliphatic carbocycles. The number of ether oxygens (including phenoxy) is 1. The molecule has 0 aromatic heterocycles. The van der Waals surface area contributed by atoms with Crippen molar-refractivity contribution in [2.24, 2.45) is 0 Å². The van der Waals surface area contributed by atoms with Crippen molar-refractivity contribution in [2.45, 2.75) is 12.3 Å². The van der Waals surface area contributed by atoms with E-state index in [1.807, 2.05) is 48.5 Å². The summed E-state index contributed by atoms with van der Waals surface area (Å²) in [6, 6.07) is 15.8. The highest BCUT2D eigenvalue weighted by atomic mass is 16.5. The third-order valence-electron chi connectivity index (χ3n) is 3.52. The van der Waals surface area contributed by atoms with Gasteiger partial charge in [0.25, 0.3) is 0 Å². The van der Waals surface area contributed by atoms with Crippen molar-refractivity contribution in [1.82, 2.24) is 0 Å². The summed E-state index contributed by atoms with van der Waals surface area (Å²) in [5, 5.41) is 0. The number of carbonyl (C=O) groups excluding carboxylic acids is 1. The molecule has 1 atom stereocenters. The maximum absolute atomic E-state index is 12.5. The lowest BCUT2D eigenvalue weighted by atomic mass is 9.95. The van der Waals surface area contributed by atoms with Gasteiger partial charge >= 0.3 is 0 Å². The molecule has 0 aliphatic heterocycles. The molecule has 2 aromatic carbocycles. The van der Waals surface area contributed by atoms with E-state index in [1.54, 1.807) is 7.11 Å².